The molecule has 2 atom stereocenters. The van der Waals surface area contributed by atoms with Gasteiger partial charge in [-0.1, -0.05) is 24.3 Å². The van der Waals surface area contributed by atoms with Crippen molar-refractivity contribution in [3.05, 3.63) is 83.7 Å². The SMILES string of the molecule is COc1ccc(CN2C(=O)c3cccn3[C@H]3CN(Cc4cccc(OC)c4)C[C@H]32)cc1.O=C(O)C(F)(F)F. The van der Waals surface area contributed by atoms with Crippen LogP contribution in [0.2, 0.25) is 0 Å². The molecule has 3 heterocycles. The van der Waals surface area contributed by atoms with Crippen molar-refractivity contribution in [3.8, 4) is 11.5 Å². The van der Waals surface area contributed by atoms with Crippen LogP contribution in [-0.2, 0) is 17.9 Å². The normalized spacial score (nSPS) is 18.8. The van der Waals surface area contributed by atoms with E-state index >= 15 is 0 Å². The number of hydrogen-bond donors (Lipinski definition) is 1. The van der Waals surface area contributed by atoms with Crippen molar-refractivity contribution in [2.75, 3.05) is 27.3 Å². The maximum atomic E-state index is 13.3. The summed E-state index contributed by atoms with van der Waals surface area (Å²) in [6.07, 6.45) is -3.04. The third-order valence-corrected chi connectivity index (χ3v) is 6.65. The smallest absolute Gasteiger partial charge is 0.490 e. The molecule has 11 heteroatoms. The van der Waals surface area contributed by atoms with Gasteiger partial charge in [0.1, 0.15) is 17.2 Å². The van der Waals surface area contributed by atoms with E-state index in [4.69, 9.17) is 19.4 Å². The zero-order chi connectivity index (χ0) is 27.4. The summed E-state index contributed by atoms with van der Waals surface area (Å²) in [7, 11) is 3.36. The highest BCUT2D eigenvalue weighted by molar-refractivity contribution is 5.94. The molecule has 1 N–H and O–H groups in total. The van der Waals surface area contributed by atoms with Crippen molar-refractivity contribution in [3.63, 3.8) is 0 Å². The van der Waals surface area contributed by atoms with E-state index in [1.807, 2.05) is 59.6 Å². The molecule has 202 valence electrons. The van der Waals surface area contributed by atoms with Gasteiger partial charge in [0.2, 0.25) is 0 Å². The minimum Gasteiger partial charge on any atom is -0.497 e. The summed E-state index contributed by atoms with van der Waals surface area (Å²) in [4.78, 5) is 26.7. The molecule has 0 radical (unpaired) electrons. The Morgan fingerprint density at radius 1 is 0.921 bits per heavy atom. The highest BCUT2D eigenvalue weighted by Crippen LogP contribution is 2.35. The number of fused-ring (bicyclic) bond motifs is 3. The topological polar surface area (TPSA) is 84.2 Å². The van der Waals surface area contributed by atoms with Crippen molar-refractivity contribution < 1.29 is 37.3 Å². The van der Waals surface area contributed by atoms with Crippen LogP contribution in [0.4, 0.5) is 13.2 Å². The summed E-state index contributed by atoms with van der Waals surface area (Å²) in [6.45, 7) is 3.20. The van der Waals surface area contributed by atoms with Gasteiger partial charge >= 0.3 is 12.1 Å². The van der Waals surface area contributed by atoms with E-state index in [1.54, 1.807) is 14.2 Å². The maximum absolute atomic E-state index is 13.3. The maximum Gasteiger partial charge on any atom is 0.490 e. The number of benzene rings is 2. The Balaban J connectivity index is 0.000000426. The number of carbonyl (C=O) groups excluding carboxylic acids is 1. The molecular formula is C27H28F3N3O5. The Labute approximate surface area is 217 Å². The fourth-order valence-corrected chi connectivity index (χ4v) is 4.86. The van der Waals surface area contributed by atoms with Gasteiger partial charge in [0, 0.05) is 32.4 Å². The lowest BCUT2D eigenvalue weighted by Crippen LogP contribution is -2.49. The number of alkyl halides is 3. The summed E-state index contributed by atoms with van der Waals surface area (Å²) < 4.78 is 44.6. The van der Waals surface area contributed by atoms with E-state index in [9.17, 15) is 18.0 Å². The van der Waals surface area contributed by atoms with Crippen LogP contribution in [0, 0.1) is 0 Å². The van der Waals surface area contributed by atoms with Crippen LogP contribution < -0.4 is 9.47 Å². The first kappa shape index (κ1) is 27.1. The predicted octanol–water partition coefficient (Wildman–Crippen LogP) is 4.22. The fraction of sp³-hybridized carbons (Fsp3) is 0.333. The molecule has 1 fully saturated rings. The monoisotopic (exact) mass is 531 g/mol. The highest BCUT2D eigenvalue weighted by Gasteiger charge is 2.44. The number of nitrogens with zero attached hydrogens (tertiary/aromatic N) is 3. The minimum absolute atomic E-state index is 0.102. The minimum atomic E-state index is -5.08. The summed E-state index contributed by atoms with van der Waals surface area (Å²) in [6, 6.07) is 20.5. The van der Waals surface area contributed by atoms with Gasteiger partial charge in [-0.2, -0.15) is 13.2 Å². The predicted molar refractivity (Wildman–Crippen MR) is 132 cm³/mol. The number of rotatable bonds is 6. The van der Waals surface area contributed by atoms with Gasteiger partial charge in [-0.05, 0) is 47.5 Å². The standard InChI is InChI=1S/C25H27N3O3.C2HF3O2/c1-30-20-10-8-18(9-11-20)15-28-24-17-26(14-19-5-3-6-21(13-19)31-2)16-23(24)27-12-4-7-22(27)25(28)29;3-2(4,5)1(6)7/h3-13,23-24H,14-17H2,1-2H3;(H,6,7)/t23-,24+;/m0./s1. The highest BCUT2D eigenvalue weighted by atomic mass is 19.4. The molecule has 2 aliphatic rings. The fourth-order valence-electron chi connectivity index (χ4n) is 4.86. The first-order chi connectivity index (χ1) is 18.1. The van der Waals surface area contributed by atoms with E-state index in [0.29, 0.717) is 6.54 Å². The van der Waals surface area contributed by atoms with Crippen LogP contribution in [0.1, 0.15) is 27.7 Å². The molecule has 5 rings (SSSR count). The van der Waals surface area contributed by atoms with Crippen molar-refractivity contribution >= 4 is 11.9 Å². The number of halogens is 3. The largest absolute Gasteiger partial charge is 0.497 e. The molecule has 1 aromatic heterocycles. The quantitative estimate of drug-likeness (QED) is 0.513. The number of carboxylic acids is 1. The molecule has 38 heavy (non-hydrogen) atoms. The van der Waals surface area contributed by atoms with Gasteiger partial charge in [-0.15, -0.1) is 0 Å². The van der Waals surface area contributed by atoms with Gasteiger partial charge in [-0.25, -0.2) is 4.79 Å². The van der Waals surface area contributed by atoms with Crippen LogP contribution >= 0.6 is 0 Å². The number of amides is 1. The van der Waals surface area contributed by atoms with Gasteiger partial charge in [0.15, 0.2) is 0 Å². The average molecular weight is 532 g/mol. The number of methoxy groups -OCH3 is 2. The Kier molecular flexibility index (Phi) is 7.96. The molecule has 8 nitrogen and oxygen atoms in total. The lowest BCUT2D eigenvalue weighted by Gasteiger charge is -2.38. The first-order valence-corrected chi connectivity index (χ1v) is 11.9. The van der Waals surface area contributed by atoms with E-state index < -0.39 is 12.1 Å². The van der Waals surface area contributed by atoms with Crippen LogP contribution in [-0.4, -0.2) is 70.9 Å². The van der Waals surface area contributed by atoms with Crippen molar-refractivity contribution in [1.82, 2.24) is 14.4 Å². The van der Waals surface area contributed by atoms with E-state index in [2.05, 4.69) is 21.6 Å². The molecule has 2 aliphatic heterocycles. The molecule has 1 saturated heterocycles. The van der Waals surface area contributed by atoms with Crippen molar-refractivity contribution in [2.45, 2.75) is 31.3 Å². The van der Waals surface area contributed by atoms with Crippen LogP contribution in [0.25, 0.3) is 0 Å². The number of carboxylic acid groups (broad SMARTS) is 1. The third kappa shape index (κ3) is 5.94. The molecule has 0 unspecified atom stereocenters. The molecular weight excluding hydrogens is 503 g/mol. The Bertz CT molecular complexity index is 1280. The van der Waals surface area contributed by atoms with Crippen LogP contribution in [0.15, 0.2) is 66.9 Å². The zero-order valence-electron chi connectivity index (χ0n) is 20.9. The second-order valence-corrected chi connectivity index (χ2v) is 9.07. The summed E-state index contributed by atoms with van der Waals surface area (Å²) in [5.74, 6) is -0.957. The van der Waals surface area contributed by atoms with Crippen molar-refractivity contribution in [2.24, 2.45) is 0 Å². The average Bonchev–Trinajstić information content (AvgIpc) is 3.54. The lowest BCUT2D eigenvalue weighted by molar-refractivity contribution is -0.192. The number of likely N-dealkylation sites (tertiary alicyclic amines) is 1. The van der Waals surface area contributed by atoms with E-state index in [-0.39, 0.29) is 18.0 Å². The molecule has 0 saturated carbocycles. The second-order valence-electron chi connectivity index (χ2n) is 9.07. The number of carbonyl (C=O) groups is 2. The first-order valence-electron chi connectivity index (χ1n) is 11.9. The molecule has 3 aromatic rings. The molecule has 0 bridgehead atoms. The molecule has 0 aliphatic carbocycles. The zero-order valence-corrected chi connectivity index (χ0v) is 20.9. The van der Waals surface area contributed by atoms with Crippen LogP contribution in [0.5, 0.6) is 11.5 Å². The summed E-state index contributed by atoms with van der Waals surface area (Å²) in [5.41, 5.74) is 3.11. The van der Waals surface area contributed by atoms with Crippen molar-refractivity contribution in [1.29, 1.82) is 0 Å². The Morgan fingerprint density at radius 2 is 1.58 bits per heavy atom. The van der Waals surface area contributed by atoms with E-state index in [0.717, 1.165) is 42.4 Å². The number of ether oxygens (including phenoxy) is 2. The molecule has 2 aromatic carbocycles. The van der Waals surface area contributed by atoms with E-state index in [1.165, 1.54) is 5.56 Å². The molecule has 0 spiro atoms. The number of aliphatic carboxylic acids is 1. The van der Waals surface area contributed by atoms with Gasteiger partial charge in [0.25, 0.3) is 5.91 Å². The second kappa shape index (κ2) is 11.2. The third-order valence-electron chi connectivity index (χ3n) is 6.65. The van der Waals surface area contributed by atoms with Gasteiger partial charge in [0.05, 0.1) is 26.3 Å². The van der Waals surface area contributed by atoms with Crippen LogP contribution in [0.3, 0.4) is 0 Å². The molecule has 1 amide bonds. The summed E-state index contributed by atoms with van der Waals surface area (Å²) in [5, 5.41) is 7.12. The number of hydrogen-bond acceptors (Lipinski definition) is 5. The Morgan fingerprint density at radius 3 is 2.21 bits per heavy atom. The van der Waals surface area contributed by atoms with Gasteiger partial charge in [-0.3, -0.25) is 9.69 Å². The number of aromatic nitrogens is 1. The Hall–Kier alpha value is -3.99. The van der Waals surface area contributed by atoms with Gasteiger partial charge < -0.3 is 24.0 Å². The lowest BCUT2D eigenvalue weighted by atomic mass is 10.0. The summed E-state index contributed by atoms with van der Waals surface area (Å²) >= 11 is 0.